The molecule has 1 atom stereocenters. The van der Waals surface area contributed by atoms with E-state index in [0.717, 1.165) is 19.3 Å². The van der Waals surface area contributed by atoms with Gasteiger partial charge >= 0.3 is 0 Å². The number of aldehydes is 1. The maximum absolute atomic E-state index is 12.9. The Balaban J connectivity index is 0.000000479. The summed E-state index contributed by atoms with van der Waals surface area (Å²) in [6, 6.07) is 5.53. The third kappa shape index (κ3) is 6.69. The molecule has 0 saturated carbocycles. The van der Waals surface area contributed by atoms with Crippen LogP contribution in [0.1, 0.15) is 47.2 Å². The maximum Gasteiger partial charge on any atom is 0.296 e. The average Bonchev–Trinajstić information content (AvgIpc) is 3.02. The van der Waals surface area contributed by atoms with Crippen LogP contribution in [0.3, 0.4) is 0 Å². The number of fused-ring (bicyclic) bond motifs is 1. The van der Waals surface area contributed by atoms with Gasteiger partial charge in [-0.3, -0.25) is 23.7 Å². The number of carbonyl (C=O) groups excluding carboxylic acids is 3. The highest BCUT2D eigenvalue weighted by molar-refractivity contribution is 6.23. The van der Waals surface area contributed by atoms with E-state index in [4.69, 9.17) is 0 Å². The highest BCUT2D eigenvalue weighted by Crippen LogP contribution is 2.23. The summed E-state index contributed by atoms with van der Waals surface area (Å²) in [5.74, 6) is -1.70. The number of hydrogen-bond donors (Lipinski definition) is 3. The zero-order chi connectivity index (χ0) is 24.5. The molecule has 1 aromatic heterocycles. The van der Waals surface area contributed by atoms with Crippen LogP contribution in [0.15, 0.2) is 29.1 Å². The van der Waals surface area contributed by atoms with E-state index in [1.807, 2.05) is 0 Å². The molecule has 2 heterocycles. The van der Waals surface area contributed by atoms with E-state index < -0.39 is 23.1 Å². The third-order valence-corrected chi connectivity index (χ3v) is 5.08. The van der Waals surface area contributed by atoms with Gasteiger partial charge in [0.2, 0.25) is 12.0 Å². The molecule has 0 spiro atoms. The van der Waals surface area contributed by atoms with E-state index >= 15 is 0 Å². The highest BCUT2D eigenvalue weighted by atomic mass is 19.1. The number of hydrogen-bond acceptors (Lipinski definition) is 7. The number of halogens is 1. The van der Waals surface area contributed by atoms with Gasteiger partial charge in [0, 0.05) is 27.2 Å². The fraction of sp³-hybridized carbons (Fsp3) is 0.409. The van der Waals surface area contributed by atoms with E-state index in [2.05, 4.69) is 15.6 Å². The smallest absolute Gasteiger partial charge is 0.296 e. The monoisotopic (exact) mass is 461 g/mol. The lowest BCUT2D eigenvalue weighted by atomic mass is 10.1. The Morgan fingerprint density at radius 3 is 2.48 bits per heavy atom. The number of carbonyl (C=O) groups is 3. The molecule has 2 aromatic rings. The second-order valence-corrected chi connectivity index (χ2v) is 7.62. The van der Waals surface area contributed by atoms with Crippen molar-refractivity contribution in [1.82, 2.24) is 25.1 Å². The van der Waals surface area contributed by atoms with E-state index in [1.165, 1.54) is 35.7 Å². The molecule has 3 N–H and O–H groups in total. The number of amides is 2. The number of aromatic hydroxyl groups is 1. The summed E-state index contributed by atoms with van der Waals surface area (Å²) in [6.45, 7) is 0.596. The van der Waals surface area contributed by atoms with Gasteiger partial charge in [0.15, 0.2) is 5.69 Å². The zero-order valence-corrected chi connectivity index (χ0v) is 18.8. The SMILES string of the molecule is CN(C)C(=O)C=O.CNC1CCCCn2c1nc(C(=O)NCc1ccc(F)cc1)c(O)c2=O. The average molecular weight is 461 g/mol. The van der Waals surface area contributed by atoms with Crippen molar-refractivity contribution in [2.45, 2.75) is 38.4 Å². The molecule has 0 aliphatic carbocycles. The van der Waals surface area contributed by atoms with E-state index in [1.54, 1.807) is 19.2 Å². The minimum atomic E-state index is -0.651. The lowest BCUT2D eigenvalue weighted by molar-refractivity contribution is -0.136. The molecule has 11 heteroatoms. The molecule has 0 fully saturated rings. The predicted octanol–water partition coefficient (Wildman–Crippen LogP) is 0.736. The molecule has 0 bridgehead atoms. The molecule has 1 aliphatic heterocycles. The lowest BCUT2D eigenvalue weighted by Crippen LogP contribution is -2.33. The second kappa shape index (κ2) is 11.9. The van der Waals surface area contributed by atoms with Gasteiger partial charge in [-0.15, -0.1) is 0 Å². The van der Waals surface area contributed by atoms with Gasteiger partial charge in [0.1, 0.15) is 11.6 Å². The van der Waals surface area contributed by atoms with Gasteiger partial charge in [-0.1, -0.05) is 12.1 Å². The van der Waals surface area contributed by atoms with Crippen molar-refractivity contribution in [3.63, 3.8) is 0 Å². The summed E-state index contributed by atoms with van der Waals surface area (Å²) >= 11 is 0. The minimum absolute atomic E-state index is 0.133. The Morgan fingerprint density at radius 1 is 1.27 bits per heavy atom. The van der Waals surface area contributed by atoms with Crippen molar-refractivity contribution in [3.05, 3.63) is 57.5 Å². The number of rotatable bonds is 5. The Kier molecular flexibility index (Phi) is 9.22. The van der Waals surface area contributed by atoms with Crippen molar-refractivity contribution >= 4 is 18.1 Å². The number of nitrogens with one attached hydrogen (secondary N) is 2. The summed E-state index contributed by atoms with van der Waals surface area (Å²) < 4.78 is 14.4. The molecular formula is C22H28FN5O5. The first kappa shape index (κ1) is 25.7. The van der Waals surface area contributed by atoms with Gasteiger partial charge in [0.25, 0.3) is 17.4 Å². The number of benzene rings is 1. The first-order valence-electron chi connectivity index (χ1n) is 10.4. The van der Waals surface area contributed by atoms with Crippen LogP contribution in [0.4, 0.5) is 4.39 Å². The highest BCUT2D eigenvalue weighted by Gasteiger charge is 2.26. The van der Waals surface area contributed by atoms with Crippen LogP contribution in [0.2, 0.25) is 0 Å². The van der Waals surface area contributed by atoms with Crippen molar-refractivity contribution in [2.24, 2.45) is 0 Å². The first-order chi connectivity index (χ1) is 15.7. The van der Waals surface area contributed by atoms with Crippen molar-refractivity contribution in [3.8, 4) is 5.75 Å². The number of nitrogens with zero attached hydrogens (tertiary/aromatic N) is 3. The summed E-state index contributed by atoms with van der Waals surface area (Å²) in [4.78, 5) is 50.1. The molecule has 178 valence electrons. The molecule has 1 aromatic carbocycles. The molecule has 1 aliphatic rings. The van der Waals surface area contributed by atoms with Crippen LogP contribution in [0.25, 0.3) is 0 Å². The summed E-state index contributed by atoms with van der Waals surface area (Å²) in [6.07, 6.45) is 2.80. The molecule has 3 rings (SSSR count). The van der Waals surface area contributed by atoms with E-state index in [9.17, 15) is 28.7 Å². The molecule has 2 amide bonds. The Bertz CT molecular complexity index is 1050. The Labute approximate surface area is 190 Å². The molecule has 0 radical (unpaired) electrons. The van der Waals surface area contributed by atoms with Crippen LogP contribution in [-0.2, 0) is 22.7 Å². The molecule has 1 unspecified atom stereocenters. The quantitative estimate of drug-likeness (QED) is 0.442. The Hall–Kier alpha value is -3.60. The van der Waals surface area contributed by atoms with Crippen LogP contribution in [0, 0.1) is 5.82 Å². The van der Waals surface area contributed by atoms with Crippen molar-refractivity contribution in [1.29, 1.82) is 0 Å². The van der Waals surface area contributed by atoms with Crippen LogP contribution in [0.5, 0.6) is 5.75 Å². The number of aromatic nitrogens is 2. The zero-order valence-electron chi connectivity index (χ0n) is 18.8. The molecule has 0 saturated heterocycles. The van der Waals surface area contributed by atoms with Crippen molar-refractivity contribution in [2.75, 3.05) is 21.1 Å². The first-order valence-corrected chi connectivity index (χ1v) is 10.4. The maximum atomic E-state index is 12.9. The largest absolute Gasteiger partial charge is 0.501 e. The summed E-state index contributed by atoms with van der Waals surface area (Å²) in [7, 11) is 4.82. The van der Waals surface area contributed by atoms with Crippen LogP contribution < -0.4 is 16.2 Å². The number of likely N-dealkylation sites (N-methyl/N-ethyl adjacent to an activating group) is 1. The van der Waals surface area contributed by atoms with Crippen molar-refractivity contribution < 1.29 is 23.9 Å². The summed E-state index contributed by atoms with van der Waals surface area (Å²) in [5, 5.41) is 15.9. The van der Waals surface area contributed by atoms with Gasteiger partial charge in [0.05, 0.1) is 6.04 Å². The fourth-order valence-electron chi connectivity index (χ4n) is 3.20. The van der Waals surface area contributed by atoms with Crippen LogP contribution in [-0.4, -0.2) is 58.8 Å². The van der Waals surface area contributed by atoms with E-state index in [-0.39, 0.29) is 30.4 Å². The van der Waals surface area contributed by atoms with Crippen LogP contribution >= 0.6 is 0 Å². The third-order valence-electron chi connectivity index (χ3n) is 5.08. The lowest BCUT2D eigenvalue weighted by Gasteiger charge is -2.18. The van der Waals surface area contributed by atoms with Gasteiger partial charge in [-0.2, -0.15) is 0 Å². The van der Waals surface area contributed by atoms with Gasteiger partial charge in [-0.05, 0) is 44.0 Å². The minimum Gasteiger partial charge on any atom is -0.501 e. The normalized spacial score (nSPS) is 14.7. The van der Waals surface area contributed by atoms with Gasteiger partial charge in [-0.25, -0.2) is 9.37 Å². The van der Waals surface area contributed by atoms with Gasteiger partial charge < -0.3 is 20.6 Å². The Morgan fingerprint density at radius 2 is 1.94 bits per heavy atom. The van der Waals surface area contributed by atoms with E-state index in [0.29, 0.717) is 17.9 Å². The topological polar surface area (TPSA) is 134 Å². The standard InChI is InChI=1S/C18H21FN4O3.C4H7NO2/c1-20-13-4-2-3-9-23-16(13)22-14(15(24)18(23)26)17(25)21-10-11-5-7-12(19)8-6-11;1-5(2)4(7)3-6/h5-8,13,20,24H,2-4,9-10H2,1H3,(H,21,25);3H,1-2H3. The molecule has 10 nitrogen and oxygen atoms in total. The predicted molar refractivity (Wildman–Crippen MR) is 118 cm³/mol. The molecule has 33 heavy (non-hydrogen) atoms. The fourth-order valence-corrected chi connectivity index (χ4v) is 3.20. The molecular weight excluding hydrogens is 433 g/mol. The summed E-state index contributed by atoms with van der Waals surface area (Å²) in [5.41, 5.74) is -0.201. The second-order valence-electron chi connectivity index (χ2n) is 7.62.